The van der Waals surface area contributed by atoms with Gasteiger partial charge in [0.2, 0.25) is 0 Å². The van der Waals surface area contributed by atoms with Crippen molar-refractivity contribution in [2.75, 3.05) is 20.2 Å². The van der Waals surface area contributed by atoms with Gasteiger partial charge in [-0.05, 0) is 43.2 Å². The molecule has 0 radical (unpaired) electrons. The summed E-state index contributed by atoms with van der Waals surface area (Å²) in [5.41, 5.74) is 2.15. The number of benzene rings is 1. The average Bonchev–Trinajstić information content (AvgIpc) is 2.61. The van der Waals surface area contributed by atoms with Crippen molar-refractivity contribution in [2.24, 2.45) is 4.99 Å². The minimum atomic E-state index is 0. The van der Waals surface area contributed by atoms with E-state index < -0.39 is 0 Å². The van der Waals surface area contributed by atoms with Crippen molar-refractivity contribution >= 4 is 57.5 Å². The number of ether oxygens (including phenoxy) is 1. The van der Waals surface area contributed by atoms with Crippen molar-refractivity contribution in [3.05, 3.63) is 57.3 Å². The Morgan fingerprint density at radius 1 is 1.27 bits per heavy atom. The minimum absolute atomic E-state index is 0. The number of hydrogen-bond acceptors (Lipinski definition) is 3. The fraction of sp³-hybridized carbons (Fsp3) is 0.333. The van der Waals surface area contributed by atoms with Crippen molar-refractivity contribution in [2.45, 2.75) is 19.9 Å². The Bertz CT molecular complexity index is 713. The van der Waals surface area contributed by atoms with Crippen molar-refractivity contribution < 1.29 is 4.74 Å². The Kier molecular flexibility index (Phi) is 10.9. The summed E-state index contributed by atoms with van der Waals surface area (Å²) in [5, 5.41) is 7.09. The smallest absolute Gasteiger partial charge is 0.191 e. The zero-order valence-corrected chi connectivity index (χ0v) is 19.4. The lowest BCUT2D eigenvalue weighted by Crippen LogP contribution is -2.38. The van der Waals surface area contributed by atoms with Gasteiger partial charge < -0.3 is 15.4 Å². The van der Waals surface area contributed by atoms with Gasteiger partial charge in [-0.1, -0.05) is 33.6 Å². The summed E-state index contributed by atoms with van der Waals surface area (Å²) in [6.07, 6.45) is 2.63. The maximum Gasteiger partial charge on any atom is 0.191 e. The molecule has 5 nitrogen and oxygen atoms in total. The molecular weight excluding hydrogens is 530 g/mol. The van der Waals surface area contributed by atoms with Gasteiger partial charge in [0, 0.05) is 29.3 Å². The van der Waals surface area contributed by atoms with Crippen LogP contribution in [0.5, 0.6) is 5.75 Å². The van der Waals surface area contributed by atoms with E-state index in [1.165, 1.54) is 0 Å². The number of nitrogens with one attached hydrogen (secondary N) is 2. The number of aromatic nitrogens is 1. The Labute approximate surface area is 185 Å². The number of nitrogens with zero attached hydrogens (tertiary/aromatic N) is 2. The quantitative estimate of drug-likeness (QED) is 0.231. The second kappa shape index (κ2) is 12.3. The summed E-state index contributed by atoms with van der Waals surface area (Å²) >= 11 is 9.29. The van der Waals surface area contributed by atoms with Crippen LogP contribution < -0.4 is 15.4 Å². The molecule has 0 atom stereocenters. The highest BCUT2D eigenvalue weighted by Gasteiger charge is 2.04. The topological polar surface area (TPSA) is 58.5 Å². The predicted molar refractivity (Wildman–Crippen MR) is 122 cm³/mol. The zero-order valence-electron chi connectivity index (χ0n) is 14.8. The first-order valence-electron chi connectivity index (χ1n) is 8.07. The molecule has 26 heavy (non-hydrogen) atoms. The van der Waals surface area contributed by atoms with Gasteiger partial charge in [-0.15, -0.1) is 24.0 Å². The SMILES string of the molecule is CCNC(=NCc1cc(Br)ccc1OC)NCCc1ccc(Cl)nc1.I. The molecule has 2 rings (SSSR count). The molecule has 0 bridgehead atoms. The first-order valence-corrected chi connectivity index (χ1v) is 9.24. The molecule has 142 valence electrons. The van der Waals surface area contributed by atoms with E-state index in [0.29, 0.717) is 11.7 Å². The summed E-state index contributed by atoms with van der Waals surface area (Å²) in [7, 11) is 1.67. The van der Waals surface area contributed by atoms with Crippen LogP contribution in [0.15, 0.2) is 46.0 Å². The monoisotopic (exact) mass is 552 g/mol. The van der Waals surface area contributed by atoms with Crippen molar-refractivity contribution in [1.82, 2.24) is 15.6 Å². The summed E-state index contributed by atoms with van der Waals surface area (Å²) in [6, 6.07) is 9.69. The highest BCUT2D eigenvalue weighted by Crippen LogP contribution is 2.23. The van der Waals surface area contributed by atoms with Gasteiger partial charge in [0.05, 0.1) is 13.7 Å². The van der Waals surface area contributed by atoms with E-state index in [4.69, 9.17) is 16.3 Å². The number of aliphatic imine (C=N–C) groups is 1. The van der Waals surface area contributed by atoms with Crippen LogP contribution in [-0.2, 0) is 13.0 Å². The lowest BCUT2D eigenvalue weighted by Gasteiger charge is -2.12. The van der Waals surface area contributed by atoms with Gasteiger partial charge in [-0.2, -0.15) is 0 Å². The van der Waals surface area contributed by atoms with Crippen molar-refractivity contribution in [3.63, 3.8) is 0 Å². The number of hydrogen-bond donors (Lipinski definition) is 2. The van der Waals surface area contributed by atoms with Crippen molar-refractivity contribution in [1.29, 1.82) is 0 Å². The average molecular weight is 554 g/mol. The molecule has 2 aromatic rings. The Hall–Kier alpha value is -1.06. The lowest BCUT2D eigenvalue weighted by atomic mass is 10.2. The molecule has 1 heterocycles. The summed E-state index contributed by atoms with van der Waals surface area (Å²) in [4.78, 5) is 8.73. The highest BCUT2D eigenvalue weighted by molar-refractivity contribution is 14.0. The number of pyridine rings is 1. The first-order chi connectivity index (χ1) is 12.1. The van der Waals surface area contributed by atoms with Gasteiger partial charge in [0.25, 0.3) is 0 Å². The van der Waals surface area contributed by atoms with Crippen LogP contribution in [0, 0.1) is 0 Å². The lowest BCUT2D eigenvalue weighted by molar-refractivity contribution is 0.409. The number of rotatable bonds is 7. The summed E-state index contributed by atoms with van der Waals surface area (Å²) < 4.78 is 6.40. The maximum absolute atomic E-state index is 5.80. The Morgan fingerprint density at radius 2 is 2.08 bits per heavy atom. The fourth-order valence-corrected chi connectivity index (χ4v) is 2.78. The van der Waals surface area contributed by atoms with Crippen LogP contribution in [-0.4, -0.2) is 31.1 Å². The molecule has 1 aromatic heterocycles. The van der Waals surface area contributed by atoms with Crippen molar-refractivity contribution in [3.8, 4) is 5.75 Å². The van der Waals surface area contributed by atoms with Crippen LogP contribution in [0.4, 0.5) is 0 Å². The van der Waals surface area contributed by atoms with E-state index in [9.17, 15) is 0 Å². The normalized spacial score (nSPS) is 10.8. The molecule has 1 aromatic carbocycles. The standard InChI is InChI=1S/C18H22BrClN4O.HI/c1-3-21-18(22-9-8-13-4-7-17(20)23-11-13)24-12-14-10-15(19)5-6-16(14)25-2;/h4-7,10-11H,3,8-9,12H2,1-2H3,(H2,21,22,24);1H. The molecule has 0 unspecified atom stereocenters. The van der Waals surface area contributed by atoms with E-state index in [0.717, 1.165) is 46.8 Å². The van der Waals surface area contributed by atoms with Crippen LogP contribution >= 0.6 is 51.5 Å². The predicted octanol–water partition coefficient (Wildman–Crippen LogP) is 4.42. The molecule has 0 aliphatic rings. The van der Waals surface area contributed by atoms with Crippen LogP contribution in [0.1, 0.15) is 18.1 Å². The van der Waals surface area contributed by atoms with E-state index in [1.807, 2.05) is 31.2 Å². The van der Waals surface area contributed by atoms with Gasteiger partial charge in [0.1, 0.15) is 10.9 Å². The van der Waals surface area contributed by atoms with Crippen LogP contribution in [0.2, 0.25) is 5.15 Å². The Balaban J connectivity index is 0.00000338. The molecule has 0 fully saturated rings. The van der Waals surface area contributed by atoms with E-state index in [1.54, 1.807) is 19.4 Å². The summed E-state index contributed by atoms with van der Waals surface area (Å²) in [6.45, 7) is 4.12. The largest absolute Gasteiger partial charge is 0.496 e. The minimum Gasteiger partial charge on any atom is -0.496 e. The third-order valence-electron chi connectivity index (χ3n) is 3.49. The van der Waals surface area contributed by atoms with Gasteiger partial charge >= 0.3 is 0 Å². The van der Waals surface area contributed by atoms with Gasteiger partial charge in [-0.3, -0.25) is 0 Å². The molecule has 0 saturated carbocycles. The molecule has 0 saturated heterocycles. The second-order valence-electron chi connectivity index (χ2n) is 5.32. The zero-order chi connectivity index (χ0) is 18.1. The molecule has 8 heteroatoms. The molecule has 0 spiro atoms. The molecule has 0 amide bonds. The third kappa shape index (κ3) is 7.67. The maximum atomic E-state index is 5.80. The second-order valence-corrected chi connectivity index (χ2v) is 6.62. The molecule has 2 N–H and O–H groups in total. The first kappa shape index (κ1) is 23.0. The number of guanidine groups is 1. The molecule has 0 aliphatic carbocycles. The highest BCUT2D eigenvalue weighted by atomic mass is 127. The van der Waals surface area contributed by atoms with Crippen LogP contribution in [0.3, 0.4) is 0 Å². The number of methoxy groups -OCH3 is 1. The molecular formula is C18H23BrClIN4O. The van der Waals surface area contributed by atoms with E-state index >= 15 is 0 Å². The van der Waals surface area contributed by atoms with Crippen LogP contribution in [0.25, 0.3) is 0 Å². The third-order valence-corrected chi connectivity index (χ3v) is 4.21. The van der Waals surface area contributed by atoms with Gasteiger partial charge in [-0.25, -0.2) is 9.98 Å². The summed E-state index contributed by atoms with van der Waals surface area (Å²) in [5.74, 6) is 1.60. The Morgan fingerprint density at radius 3 is 2.73 bits per heavy atom. The van der Waals surface area contributed by atoms with E-state index in [-0.39, 0.29) is 24.0 Å². The van der Waals surface area contributed by atoms with Gasteiger partial charge in [0.15, 0.2) is 5.96 Å². The fourth-order valence-electron chi connectivity index (χ4n) is 2.26. The van der Waals surface area contributed by atoms with E-state index in [2.05, 4.69) is 36.5 Å². The number of halogens is 3. The molecule has 0 aliphatic heterocycles.